The number of hydrogen-bond acceptors (Lipinski definition) is 5. The third-order valence-electron chi connectivity index (χ3n) is 2.83. The van der Waals surface area contributed by atoms with Crippen LogP contribution in [0.4, 0.5) is 13.2 Å². The largest absolute Gasteiger partial charge is 0.417 e. The summed E-state index contributed by atoms with van der Waals surface area (Å²) < 4.78 is 68.9. The van der Waals surface area contributed by atoms with Crippen LogP contribution in [0.15, 0.2) is 23.1 Å². The molecule has 0 aromatic heterocycles. The van der Waals surface area contributed by atoms with Crippen molar-refractivity contribution in [2.45, 2.75) is 18.0 Å². The molecule has 0 aliphatic rings. The van der Waals surface area contributed by atoms with Gasteiger partial charge in [0.25, 0.3) is 10.0 Å². The zero-order chi connectivity index (χ0) is 17.8. The molecule has 126 valence electrons. The van der Waals surface area contributed by atoms with E-state index in [-0.39, 0.29) is 6.61 Å². The highest BCUT2D eigenvalue weighted by atomic mass is 32.2. The lowest BCUT2D eigenvalue weighted by molar-refractivity contribution is -0.138. The smallest absolute Gasteiger partial charge is 0.384 e. The topological polar surface area (TPSA) is 96.3 Å². The number of carbonyl (C=O) groups is 1. The zero-order valence-electron chi connectivity index (χ0n) is 12.1. The maximum absolute atomic E-state index is 12.8. The lowest BCUT2D eigenvalue weighted by Gasteiger charge is -2.14. The Labute approximate surface area is 130 Å². The molecule has 1 aromatic carbocycles. The average Bonchev–Trinajstić information content (AvgIpc) is 2.45. The highest BCUT2D eigenvalue weighted by Crippen LogP contribution is 2.33. The average molecular weight is 350 g/mol. The molecule has 10 heteroatoms. The van der Waals surface area contributed by atoms with E-state index in [9.17, 15) is 26.4 Å². The van der Waals surface area contributed by atoms with Gasteiger partial charge in [0, 0.05) is 7.11 Å². The minimum atomic E-state index is -4.90. The highest BCUT2D eigenvalue weighted by molar-refractivity contribution is 7.90. The summed E-state index contributed by atoms with van der Waals surface area (Å²) in [6.07, 6.45) is -4.90. The van der Waals surface area contributed by atoms with Crippen LogP contribution >= 0.6 is 0 Å². The van der Waals surface area contributed by atoms with Gasteiger partial charge in [-0.05, 0) is 18.2 Å². The van der Waals surface area contributed by atoms with Crippen LogP contribution in [0.25, 0.3) is 0 Å². The number of amides is 1. The Bertz CT molecular complexity index is 739. The summed E-state index contributed by atoms with van der Waals surface area (Å²) in [4.78, 5) is 10.9. The van der Waals surface area contributed by atoms with Crippen LogP contribution in [0.1, 0.15) is 18.1 Å². The molecular weight excluding hydrogens is 337 g/mol. The van der Waals surface area contributed by atoms with Crippen molar-refractivity contribution in [1.82, 2.24) is 4.72 Å². The van der Waals surface area contributed by atoms with Gasteiger partial charge in [-0.15, -0.1) is 0 Å². The Morgan fingerprint density at radius 3 is 2.52 bits per heavy atom. The number of carbonyl (C=O) groups excluding carboxylic acids is 1. The summed E-state index contributed by atoms with van der Waals surface area (Å²) in [5.41, 5.74) is -2.10. The molecular formula is C13H13F3N2O4S. The first-order chi connectivity index (χ1) is 10.5. The molecule has 23 heavy (non-hydrogen) atoms. The Morgan fingerprint density at radius 2 is 2.04 bits per heavy atom. The molecule has 1 N–H and O–H groups in total. The van der Waals surface area contributed by atoms with E-state index in [4.69, 9.17) is 10.00 Å². The first-order valence-electron chi connectivity index (χ1n) is 6.20. The fraction of sp³-hybridized carbons (Fsp3) is 0.385. The minimum Gasteiger partial charge on any atom is -0.384 e. The molecule has 0 heterocycles. The maximum Gasteiger partial charge on any atom is 0.417 e. The van der Waals surface area contributed by atoms with Gasteiger partial charge in [-0.25, -0.2) is 13.1 Å². The van der Waals surface area contributed by atoms with E-state index < -0.39 is 44.0 Å². The van der Waals surface area contributed by atoms with Crippen molar-refractivity contribution in [3.63, 3.8) is 0 Å². The van der Waals surface area contributed by atoms with Gasteiger partial charge in [0.2, 0.25) is 5.91 Å². The highest BCUT2D eigenvalue weighted by Gasteiger charge is 2.35. The Hall–Kier alpha value is -2.12. The van der Waals surface area contributed by atoms with Crippen LogP contribution in [-0.2, 0) is 25.7 Å². The van der Waals surface area contributed by atoms with E-state index in [0.717, 1.165) is 12.1 Å². The number of halogens is 3. The summed E-state index contributed by atoms with van der Waals surface area (Å²) in [5, 5.41) is 8.67. The summed E-state index contributed by atoms with van der Waals surface area (Å²) in [7, 11) is -3.18. The molecule has 0 unspecified atom stereocenters. The fourth-order valence-corrected chi connectivity index (χ4v) is 2.74. The fourth-order valence-electron chi connectivity index (χ4n) is 1.64. The number of sulfonamides is 1. The SMILES string of the molecule is COC[C@@H](C)C(=O)NS(=O)(=O)c1ccc(C#N)c(C(F)(F)F)c1. The maximum atomic E-state index is 12.8. The van der Waals surface area contributed by atoms with Crippen LogP contribution in [0.3, 0.4) is 0 Å². The second-order valence-corrected chi connectivity index (χ2v) is 6.33. The number of nitrogens with one attached hydrogen (secondary N) is 1. The normalized spacial score (nSPS) is 13.2. The lowest BCUT2D eigenvalue weighted by Crippen LogP contribution is -2.36. The van der Waals surface area contributed by atoms with Gasteiger partial charge >= 0.3 is 6.18 Å². The molecule has 1 aromatic rings. The molecule has 0 saturated carbocycles. The summed E-state index contributed by atoms with van der Waals surface area (Å²) in [6.45, 7) is 1.34. The van der Waals surface area contributed by atoms with Crippen molar-refractivity contribution in [2.75, 3.05) is 13.7 Å². The lowest BCUT2D eigenvalue weighted by atomic mass is 10.1. The van der Waals surface area contributed by atoms with Gasteiger partial charge in [0.1, 0.15) is 0 Å². The molecule has 1 atom stereocenters. The molecule has 0 saturated heterocycles. The Morgan fingerprint density at radius 1 is 1.43 bits per heavy atom. The summed E-state index contributed by atoms with van der Waals surface area (Å²) in [5.74, 6) is -1.72. The van der Waals surface area contributed by atoms with Gasteiger partial charge in [-0.1, -0.05) is 6.92 Å². The van der Waals surface area contributed by atoms with Gasteiger partial charge in [-0.2, -0.15) is 18.4 Å². The standard InChI is InChI=1S/C13H13F3N2O4S/c1-8(7-22-2)12(19)18-23(20,21)10-4-3-9(6-17)11(5-10)13(14,15)16/h3-5,8H,7H2,1-2H3,(H,18,19)/t8-/m1/s1. The van der Waals surface area contributed by atoms with Crippen molar-refractivity contribution < 1.29 is 31.1 Å². The molecule has 1 amide bonds. The second-order valence-electron chi connectivity index (χ2n) is 4.64. The van der Waals surface area contributed by atoms with E-state index >= 15 is 0 Å². The summed E-state index contributed by atoms with van der Waals surface area (Å²) >= 11 is 0. The Balaban J connectivity index is 3.20. The van der Waals surface area contributed by atoms with Gasteiger partial charge in [0.05, 0.1) is 34.6 Å². The predicted molar refractivity (Wildman–Crippen MR) is 72.5 cm³/mol. The third-order valence-corrected chi connectivity index (χ3v) is 4.17. The quantitative estimate of drug-likeness (QED) is 0.871. The van der Waals surface area contributed by atoms with Crippen molar-refractivity contribution in [3.8, 4) is 6.07 Å². The van der Waals surface area contributed by atoms with Crippen LogP contribution in [0.2, 0.25) is 0 Å². The molecule has 0 aliphatic heterocycles. The van der Waals surface area contributed by atoms with E-state index in [1.165, 1.54) is 20.1 Å². The van der Waals surface area contributed by atoms with Gasteiger partial charge in [0.15, 0.2) is 0 Å². The van der Waals surface area contributed by atoms with Crippen molar-refractivity contribution in [3.05, 3.63) is 29.3 Å². The number of methoxy groups -OCH3 is 1. The van der Waals surface area contributed by atoms with E-state index in [1.807, 2.05) is 0 Å². The van der Waals surface area contributed by atoms with E-state index in [0.29, 0.717) is 6.07 Å². The second kappa shape index (κ2) is 6.97. The van der Waals surface area contributed by atoms with Crippen LogP contribution in [0, 0.1) is 17.2 Å². The zero-order valence-corrected chi connectivity index (χ0v) is 13.0. The van der Waals surface area contributed by atoms with E-state index in [1.54, 1.807) is 4.72 Å². The number of nitrogens with zero attached hydrogens (tertiary/aromatic N) is 1. The van der Waals surface area contributed by atoms with Crippen LogP contribution < -0.4 is 4.72 Å². The molecule has 0 spiro atoms. The van der Waals surface area contributed by atoms with Crippen molar-refractivity contribution in [2.24, 2.45) is 5.92 Å². The number of ether oxygens (including phenoxy) is 1. The Kier molecular flexibility index (Phi) is 5.74. The van der Waals surface area contributed by atoms with Crippen LogP contribution in [0.5, 0.6) is 0 Å². The van der Waals surface area contributed by atoms with Crippen molar-refractivity contribution >= 4 is 15.9 Å². The van der Waals surface area contributed by atoms with Gasteiger partial charge < -0.3 is 4.74 Å². The monoisotopic (exact) mass is 350 g/mol. The first kappa shape index (κ1) is 18.9. The predicted octanol–water partition coefficient (Wildman–Crippen LogP) is 1.66. The van der Waals surface area contributed by atoms with E-state index in [2.05, 4.69) is 0 Å². The van der Waals surface area contributed by atoms with Crippen LogP contribution in [-0.4, -0.2) is 28.0 Å². The molecule has 0 fully saturated rings. The summed E-state index contributed by atoms with van der Waals surface area (Å²) in [6, 6.07) is 3.21. The molecule has 1 rings (SSSR count). The number of rotatable bonds is 5. The number of nitriles is 1. The molecule has 0 radical (unpaired) electrons. The first-order valence-corrected chi connectivity index (χ1v) is 7.68. The van der Waals surface area contributed by atoms with Gasteiger partial charge in [-0.3, -0.25) is 4.79 Å². The molecule has 0 aliphatic carbocycles. The molecule has 0 bridgehead atoms. The third kappa shape index (κ3) is 4.67. The number of benzene rings is 1. The molecule has 6 nitrogen and oxygen atoms in total. The number of alkyl halides is 3. The minimum absolute atomic E-state index is 0.0531. The number of hydrogen-bond donors (Lipinski definition) is 1. The van der Waals surface area contributed by atoms with Crippen molar-refractivity contribution in [1.29, 1.82) is 5.26 Å².